The van der Waals surface area contributed by atoms with E-state index < -0.39 is 0 Å². The van der Waals surface area contributed by atoms with E-state index >= 15 is 0 Å². The van der Waals surface area contributed by atoms with Crippen molar-refractivity contribution in [2.24, 2.45) is 0 Å². The molecule has 3 nitrogen and oxygen atoms in total. The van der Waals surface area contributed by atoms with Crippen LogP contribution in [0.3, 0.4) is 0 Å². The third-order valence-corrected chi connectivity index (χ3v) is 4.48. The van der Waals surface area contributed by atoms with Crippen molar-refractivity contribution in [1.82, 2.24) is 9.97 Å². The monoisotopic (exact) mass is 327 g/mol. The van der Waals surface area contributed by atoms with Gasteiger partial charge in [0.25, 0.3) is 0 Å². The van der Waals surface area contributed by atoms with E-state index in [4.69, 9.17) is 23.2 Å². The Morgan fingerprint density at radius 2 is 1.95 bits per heavy atom. The molecule has 0 saturated heterocycles. The zero-order valence-corrected chi connectivity index (χ0v) is 13.6. The Bertz CT molecular complexity index is 605. The van der Waals surface area contributed by atoms with E-state index in [9.17, 15) is 0 Å². The predicted molar refractivity (Wildman–Crippen MR) is 86.2 cm³/mol. The van der Waals surface area contributed by atoms with Crippen LogP contribution in [0, 0.1) is 0 Å². The van der Waals surface area contributed by atoms with Gasteiger partial charge in [0.05, 0.1) is 10.0 Å². The van der Waals surface area contributed by atoms with Crippen LogP contribution < -0.4 is 5.32 Å². The molecule has 0 aliphatic heterocycles. The second-order valence-corrected chi connectivity index (χ2v) is 5.94. The molecule has 0 radical (unpaired) electrons. The fourth-order valence-electron chi connectivity index (χ4n) is 1.77. The van der Waals surface area contributed by atoms with Crippen LogP contribution in [0.4, 0.5) is 5.82 Å². The number of rotatable bonds is 5. The Hall–Kier alpha value is -0.970. The molecule has 1 aromatic carbocycles. The molecule has 0 fully saturated rings. The van der Waals surface area contributed by atoms with Crippen LogP contribution >= 0.6 is 35.0 Å². The average molecular weight is 328 g/mol. The quantitative estimate of drug-likeness (QED) is 0.790. The van der Waals surface area contributed by atoms with Gasteiger partial charge < -0.3 is 5.32 Å². The minimum absolute atomic E-state index is 0.552. The number of benzene rings is 1. The van der Waals surface area contributed by atoms with Gasteiger partial charge in [0, 0.05) is 17.0 Å². The second-order valence-electron chi connectivity index (χ2n) is 4.07. The number of aromatic nitrogens is 2. The fourth-order valence-corrected chi connectivity index (χ4v) is 3.14. The molecular weight excluding hydrogens is 313 g/mol. The van der Waals surface area contributed by atoms with Crippen LogP contribution in [0.15, 0.2) is 34.4 Å². The molecule has 0 amide bonds. The first-order chi connectivity index (χ1) is 9.65. The maximum absolute atomic E-state index is 6.04. The summed E-state index contributed by atoms with van der Waals surface area (Å²) in [7, 11) is 0. The summed E-state index contributed by atoms with van der Waals surface area (Å²) >= 11 is 13.5. The highest BCUT2D eigenvalue weighted by Gasteiger charge is 2.11. The normalized spacial score (nSPS) is 10.6. The Morgan fingerprint density at radius 1 is 1.15 bits per heavy atom. The van der Waals surface area contributed by atoms with Crippen molar-refractivity contribution >= 4 is 40.8 Å². The maximum Gasteiger partial charge on any atom is 0.133 e. The molecule has 0 bridgehead atoms. The smallest absolute Gasteiger partial charge is 0.133 e. The highest BCUT2D eigenvalue weighted by molar-refractivity contribution is 7.99. The van der Waals surface area contributed by atoms with Crippen LogP contribution in [0.25, 0.3) is 0 Å². The molecule has 0 aliphatic rings. The van der Waals surface area contributed by atoms with Gasteiger partial charge in [-0.05, 0) is 31.5 Å². The van der Waals surface area contributed by atoms with Gasteiger partial charge >= 0.3 is 0 Å². The molecule has 1 heterocycles. The highest BCUT2D eigenvalue weighted by Crippen LogP contribution is 2.34. The van der Waals surface area contributed by atoms with Gasteiger partial charge in [0.1, 0.15) is 17.2 Å². The Balaban J connectivity index is 2.32. The third-order valence-electron chi connectivity index (χ3n) is 2.71. The van der Waals surface area contributed by atoms with E-state index in [0.29, 0.717) is 10.0 Å². The summed E-state index contributed by atoms with van der Waals surface area (Å²) < 4.78 is 0. The first kappa shape index (κ1) is 15.4. The zero-order valence-electron chi connectivity index (χ0n) is 11.3. The molecule has 0 atom stereocenters. The van der Waals surface area contributed by atoms with Crippen molar-refractivity contribution in [3.05, 3.63) is 40.1 Å². The molecule has 0 aliphatic carbocycles. The molecule has 106 valence electrons. The van der Waals surface area contributed by atoms with Gasteiger partial charge in [-0.2, -0.15) is 0 Å². The Kier molecular flexibility index (Phi) is 5.52. The largest absolute Gasteiger partial charge is 0.370 e. The summed E-state index contributed by atoms with van der Waals surface area (Å²) in [6.45, 7) is 4.98. The third kappa shape index (κ3) is 3.57. The SMILES string of the molecule is CCNc1ncnc(Sc2ccc(Cl)c(Cl)c2)c1CC. The molecule has 0 saturated carbocycles. The lowest BCUT2D eigenvalue weighted by Gasteiger charge is -2.12. The summed E-state index contributed by atoms with van der Waals surface area (Å²) in [5, 5.41) is 5.31. The Morgan fingerprint density at radius 3 is 2.60 bits per heavy atom. The lowest BCUT2D eigenvalue weighted by Crippen LogP contribution is -2.05. The van der Waals surface area contributed by atoms with E-state index in [-0.39, 0.29) is 0 Å². The van der Waals surface area contributed by atoms with E-state index in [1.807, 2.05) is 19.1 Å². The summed E-state index contributed by atoms with van der Waals surface area (Å²) in [5.41, 5.74) is 1.12. The molecule has 0 spiro atoms. The first-order valence-corrected chi connectivity index (χ1v) is 7.93. The summed E-state index contributed by atoms with van der Waals surface area (Å²) in [5.74, 6) is 0.896. The number of anilines is 1. The number of halogens is 2. The minimum atomic E-state index is 0.552. The van der Waals surface area contributed by atoms with E-state index in [1.165, 1.54) is 0 Å². The first-order valence-electron chi connectivity index (χ1n) is 6.36. The lowest BCUT2D eigenvalue weighted by molar-refractivity contribution is 0.937. The molecule has 2 rings (SSSR count). The highest BCUT2D eigenvalue weighted by atomic mass is 35.5. The van der Waals surface area contributed by atoms with Gasteiger partial charge in [-0.15, -0.1) is 0 Å². The minimum Gasteiger partial charge on any atom is -0.370 e. The van der Waals surface area contributed by atoms with Crippen molar-refractivity contribution in [2.75, 3.05) is 11.9 Å². The van der Waals surface area contributed by atoms with E-state index in [1.54, 1.807) is 24.2 Å². The van der Waals surface area contributed by atoms with Crippen LogP contribution in [-0.2, 0) is 6.42 Å². The van der Waals surface area contributed by atoms with Crippen LogP contribution in [0.2, 0.25) is 10.0 Å². The molecule has 1 N–H and O–H groups in total. The number of nitrogens with zero attached hydrogens (tertiary/aromatic N) is 2. The summed E-state index contributed by atoms with van der Waals surface area (Å²) in [6, 6.07) is 5.58. The predicted octanol–water partition coefficient (Wildman–Crippen LogP) is 4.93. The average Bonchev–Trinajstić information content (AvgIpc) is 2.44. The number of nitrogens with one attached hydrogen (secondary N) is 1. The van der Waals surface area contributed by atoms with Crippen molar-refractivity contribution in [1.29, 1.82) is 0 Å². The van der Waals surface area contributed by atoms with Gasteiger partial charge in [-0.3, -0.25) is 0 Å². The van der Waals surface area contributed by atoms with Crippen molar-refractivity contribution in [3.63, 3.8) is 0 Å². The van der Waals surface area contributed by atoms with Crippen molar-refractivity contribution in [3.8, 4) is 0 Å². The fraction of sp³-hybridized carbons (Fsp3) is 0.286. The Labute approximate surface area is 133 Å². The van der Waals surface area contributed by atoms with E-state index in [2.05, 4.69) is 22.2 Å². The van der Waals surface area contributed by atoms with Gasteiger partial charge in [0.2, 0.25) is 0 Å². The molecule has 6 heteroatoms. The van der Waals surface area contributed by atoms with Gasteiger partial charge in [-0.1, -0.05) is 41.9 Å². The van der Waals surface area contributed by atoms with Gasteiger partial charge in [0.15, 0.2) is 0 Å². The van der Waals surface area contributed by atoms with Gasteiger partial charge in [-0.25, -0.2) is 9.97 Å². The topological polar surface area (TPSA) is 37.8 Å². The molecular formula is C14H15Cl2N3S. The second kappa shape index (κ2) is 7.16. The standard InChI is InChI=1S/C14H15Cl2N3S/c1-3-10-13(17-4-2)18-8-19-14(10)20-9-5-6-11(15)12(16)7-9/h5-8H,3-4H2,1-2H3,(H,17,18,19). The van der Waals surface area contributed by atoms with Crippen LogP contribution in [0.1, 0.15) is 19.4 Å². The molecule has 1 aromatic heterocycles. The van der Waals surface area contributed by atoms with Crippen LogP contribution in [0.5, 0.6) is 0 Å². The molecule has 20 heavy (non-hydrogen) atoms. The summed E-state index contributed by atoms with van der Waals surface area (Å²) in [4.78, 5) is 9.68. The van der Waals surface area contributed by atoms with Crippen LogP contribution in [-0.4, -0.2) is 16.5 Å². The van der Waals surface area contributed by atoms with Crippen molar-refractivity contribution < 1.29 is 0 Å². The van der Waals surface area contributed by atoms with E-state index in [0.717, 1.165) is 34.3 Å². The van der Waals surface area contributed by atoms with Crippen molar-refractivity contribution in [2.45, 2.75) is 30.2 Å². The maximum atomic E-state index is 6.04. The zero-order chi connectivity index (χ0) is 14.5. The molecule has 2 aromatic rings. The summed E-state index contributed by atoms with van der Waals surface area (Å²) in [6.07, 6.45) is 2.45. The molecule has 0 unspecified atom stereocenters. The number of hydrogen-bond donors (Lipinski definition) is 1. The number of hydrogen-bond acceptors (Lipinski definition) is 4. The lowest BCUT2D eigenvalue weighted by atomic mass is 10.2.